The van der Waals surface area contributed by atoms with E-state index in [0.717, 1.165) is 5.69 Å². The Bertz CT molecular complexity index is 347. The molecule has 0 unspecified atom stereocenters. The molecule has 1 rings (SSSR count). The molecule has 1 aromatic rings. The molecule has 0 aliphatic heterocycles. The fourth-order valence-corrected chi connectivity index (χ4v) is 1.17. The molecule has 0 atom stereocenters. The fourth-order valence-electron chi connectivity index (χ4n) is 1.17. The molecule has 0 spiro atoms. The Hall–Kier alpha value is -1.58. The lowest BCUT2D eigenvalue weighted by Crippen LogP contribution is -2.03. The predicted molar refractivity (Wildman–Crippen MR) is 51.8 cm³/mol. The first-order chi connectivity index (χ1) is 6.56. The van der Waals surface area contributed by atoms with E-state index in [0.29, 0.717) is 5.75 Å². The van der Waals surface area contributed by atoms with Gasteiger partial charge in [0.05, 0.1) is 18.4 Å². The van der Waals surface area contributed by atoms with Crippen LogP contribution in [0.5, 0.6) is 5.75 Å². The third kappa shape index (κ3) is 2.02. The Morgan fingerprint density at radius 1 is 1.57 bits per heavy atom. The van der Waals surface area contributed by atoms with Crippen LogP contribution in [0.2, 0.25) is 0 Å². The van der Waals surface area contributed by atoms with E-state index >= 15 is 0 Å². The standard InChI is InChI=1S/C10H13NO3/c1-6(2)9-8(14-3)4-7(5-11-9)10(12)13/h4-6H,1-3H3,(H,12,13). The molecule has 0 saturated carbocycles. The zero-order valence-electron chi connectivity index (χ0n) is 8.44. The van der Waals surface area contributed by atoms with Crippen LogP contribution in [0.1, 0.15) is 35.8 Å². The van der Waals surface area contributed by atoms with Crippen molar-refractivity contribution in [2.75, 3.05) is 7.11 Å². The van der Waals surface area contributed by atoms with Crippen LogP contribution in [-0.2, 0) is 0 Å². The molecule has 1 N–H and O–H groups in total. The maximum absolute atomic E-state index is 10.7. The molecule has 1 heterocycles. The normalized spacial score (nSPS) is 10.3. The molecule has 0 amide bonds. The monoisotopic (exact) mass is 195 g/mol. The van der Waals surface area contributed by atoms with Gasteiger partial charge in [-0.15, -0.1) is 0 Å². The number of hydrogen-bond donors (Lipinski definition) is 1. The van der Waals surface area contributed by atoms with Gasteiger partial charge in [-0.1, -0.05) is 13.8 Å². The van der Waals surface area contributed by atoms with Crippen molar-refractivity contribution >= 4 is 5.97 Å². The molecule has 14 heavy (non-hydrogen) atoms. The number of carbonyl (C=O) groups is 1. The first-order valence-corrected chi connectivity index (χ1v) is 4.33. The van der Waals surface area contributed by atoms with E-state index in [1.54, 1.807) is 0 Å². The molecule has 0 saturated heterocycles. The molecule has 4 heteroatoms. The minimum absolute atomic E-state index is 0.145. The summed E-state index contributed by atoms with van der Waals surface area (Å²) < 4.78 is 5.07. The number of rotatable bonds is 3. The molecule has 0 aliphatic carbocycles. The van der Waals surface area contributed by atoms with Gasteiger partial charge in [0.25, 0.3) is 0 Å². The Kier molecular flexibility index (Phi) is 3.06. The van der Waals surface area contributed by atoms with Gasteiger partial charge in [-0.25, -0.2) is 4.79 Å². The summed E-state index contributed by atoms with van der Waals surface area (Å²) in [5.41, 5.74) is 0.920. The summed E-state index contributed by atoms with van der Waals surface area (Å²) in [7, 11) is 1.51. The summed E-state index contributed by atoms with van der Waals surface area (Å²) in [6.45, 7) is 3.95. The van der Waals surface area contributed by atoms with Crippen molar-refractivity contribution < 1.29 is 14.6 Å². The lowest BCUT2D eigenvalue weighted by Gasteiger charge is -2.10. The lowest BCUT2D eigenvalue weighted by molar-refractivity contribution is 0.0696. The van der Waals surface area contributed by atoms with Crippen LogP contribution in [0, 0.1) is 0 Å². The lowest BCUT2D eigenvalue weighted by atomic mass is 10.1. The first-order valence-electron chi connectivity index (χ1n) is 4.33. The van der Waals surface area contributed by atoms with Gasteiger partial charge < -0.3 is 9.84 Å². The van der Waals surface area contributed by atoms with Crippen molar-refractivity contribution in [1.29, 1.82) is 0 Å². The zero-order valence-corrected chi connectivity index (χ0v) is 8.44. The third-order valence-corrected chi connectivity index (χ3v) is 1.90. The molecule has 0 aromatic carbocycles. The van der Waals surface area contributed by atoms with Crippen LogP contribution in [0.3, 0.4) is 0 Å². The Balaban J connectivity index is 3.18. The molecular formula is C10H13NO3. The van der Waals surface area contributed by atoms with Crippen molar-refractivity contribution in [1.82, 2.24) is 4.98 Å². The van der Waals surface area contributed by atoms with E-state index in [1.807, 2.05) is 13.8 Å². The van der Waals surface area contributed by atoms with E-state index in [1.165, 1.54) is 19.4 Å². The maximum Gasteiger partial charge on any atom is 0.337 e. The van der Waals surface area contributed by atoms with Crippen LogP contribution >= 0.6 is 0 Å². The third-order valence-electron chi connectivity index (χ3n) is 1.90. The minimum Gasteiger partial charge on any atom is -0.495 e. The van der Waals surface area contributed by atoms with Crippen LogP contribution in [0.15, 0.2) is 12.3 Å². The van der Waals surface area contributed by atoms with Crippen molar-refractivity contribution in [2.45, 2.75) is 19.8 Å². The largest absolute Gasteiger partial charge is 0.495 e. The minimum atomic E-state index is -0.994. The average Bonchev–Trinajstić information content (AvgIpc) is 2.16. The second-order valence-electron chi connectivity index (χ2n) is 3.27. The number of aromatic nitrogens is 1. The van der Waals surface area contributed by atoms with E-state index in [9.17, 15) is 4.79 Å². The summed E-state index contributed by atoms with van der Waals surface area (Å²) in [5.74, 6) is -0.251. The highest BCUT2D eigenvalue weighted by Gasteiger charge is 2.12. The molecule has 0 fully saturated rings. The van der Waals surface area contributed by atoms with Crippen LogP contribution in [0.25, 0.3) is 0 Å². The summed E-state index contributed by atoms with van der Waals surface area (Å²) in [6, 6.07) is 1.49. The number of aromatic carboxylic acids is 1. The van der Waals surface area contributed by atoms with Crippen molar-refractivity contribution in [3.8, 4) is 5.75 Å². The zero-order chi connectivity index (χ0) is 10.7. The van der Waals surface area contributed by atoms with Gasteiger partial charge in [-0.05, 0) is 12.0 Å². The molecule has 1 aromatic heterocycles. The Labute approximate surface area is 82.5 Å². The van der Waals surface area contributed by atoms with Gasteiger partial charge in [0.1, 0.15) is 5.75 Å². The maximum atomic E-state index is 10.7. The smallest absolute Gasteiger partial charge is 0.337 e. The van der Waals surface area contributed by atoms with Gasteiger partial charge in [0.2, 0.25) is 0 Å². The molecular weight excluding hydrogens is 182 g/mol. The highest BCUT2D eigenvalue weighted by atomic mass is 16.5. The number of methoxy groups -OCH3 is 1. The SMILES string of the molecule is COc1cc(C(=O)O)cnc1C(C)C. The van der Waals surface area contributed by atoms with Crippen molar-refractivity contribution in [3.63, 3.8) is 0 Å². The average molecular weight is 195 g/mol. The van der Waals surface area contributed by atoms with Gasteiger partial charge in [0, 0.05) is 6.20 Å². The van der Waals surface area contributed by atoms with Gasteiger partial charge >= 0.3 is 5.97 Å². The highest BCUT2D eigenvalue weighted by molar-refractivity contribution is 5.87. The number of ether oxygens (including phenoxy) is 1. The van der Waals surface area contributed by atoms with Gasteiger partial charge in [0.15, 0.2) is 0 Å². The topological polar surface area (TPSA) is 59.4 Å². The van der Waals surface area contributed by atoms with E-state index in [-0.39, 0.29) is 11.5 Å². The van der Waals surface area contributed by atoms with E-state index in [4.69, 9.17) is 9.84 Å². The number of hydrogen-bond acceptors (Lipinski definition) is 3. The molecule has 0 bridgehead atoms. The number of pyridine rings is 1. The highest BCUT2D eigenvalue weighted by Crippen LogP contribution is 2.24. The summed E-state index contributed by atoms with van der Waals surface area (Å²) >= 11 is 0. The molecule has 0 radical (unpaired) electrons. The predicted octanol–water partition coefficient (Wildman–Crippen LogP) is 1.91. The van der Waals surface area contributed by atoms with E-state index in [2.05, 4.69) is 4.98 Å². The van der Waals surface area contributed by atoms with E-state index < -0.39 is 5.97 Å². The van der Waals surface area contributed by atoms with Gasteiger partial charge in [-0.2, -0.15) is 0 Å². The van der Waals surface area contributed by atoms with Crippen LogP contribution < -0.4 is 4.74 Å². The van der Waals surface area contributed by atoms with Gasteiger partial charge in [-0.3, -0.25) is 4.98 Å². The second-order valence-corrected chi connectivity index (χ2v) is 3.27. The summed E-state index contributed by atoms with van der Waals surface area (Å²) in [5, 5.41) is 8.74. The van der Waals surface area contributed by atoms with Crippen molar-refractivity contribution in [3.05, 3.63) is 23.5 Å². The summed E-state index contributed by atoms with van der Waals surface area (Å²) in [4.78, 5) is 14.7. The number of carboxylic acid groups (broad SMARTS) is 1. The molecule has 0 aliphatic rings. The Morgan fingerprint density at radius 3 is 2.64 bits per heavy atom. The van der Waals surface area contributed by atoms with Crippen LogP contribution in [-0.4, -0.2) is 23.2 Å². The molecule has 76 valence electrons. The number of carboxylic acids is 1. The Morgan fingerprint density at radius 2 is 2.21 bits per heavy atom. The van der Waals surface area contributed by atoms with Crippen LogP contribution in [0.4, 0.5) is 0 Å². The summed E-state index contributed by atoms with van der Waals surface area (Å²) in [6.07, 6.45) is 1.35. The second kappa shape index (κ2) is 4.09. The fraction of sp³-hybridized carbons (Fsp3) is 0.400. The molecule has 4 nitrogen and oxygen atoms in total. The quantitative estimate of drug-likeness (QED) is 0.800. The number of nitrogens with zero attached hydrogens (tertiary/aromatic N) is 1. The first kappa shape index (κ1) is 10.5. The van der Waals surface area contributed by atoms with Crippen molar-refractivity contribution in [2.24, 2.45) is 0 Å².